The van der Waals surface area contributed by atoms with Crippen molar-refractivity contribution >= 4 is 54.4 Å². The molecular formula is C37H43N5O10S2. The SMILES string of the molecule is C[C@@H](O)C1C(=O)N2C(C(=O)[O-])=C(CN3c4cccc5cc(CC[N+]67CC[N+](CC(N)=O)(CC6)CC7)cc(c45)S3(=O)=O)[C@H](C)C12.O=S(=O)([O-])c1ccccc1. The van der Waals surface area contributed by atoms with Crippen LogP contribution in [0.3, 0.4) is 0 Å². The number of primary amides is 1. The van der Waals surface area contributed by atoms with E-state index in [1.807, 2.05) is 12.1 Å². The molecule has 9 rings (SSSR count). The first-order valence-electron chi connectivity index (χ1n) is 17.9. The van der Waals surface area contributed by atoms with Crippen molar-refractivity contribution in [3.63, 3.8) is 0 Å². The molecule has 0 aliphatic carbocycles. The molecule has 15 nitrogen and oxygen atoms in total. The van der Waals surface area contributed by atoms with E-state index in [1.165, 1.54) is 35.5 Å². The van der Waals surface area contributed by atoms with Crippen molar-refractivity contribution in [3.05, 3.63) is 77.5 Å². The Morgan fingerprint density at radius 2 is 1.63 bits per heavy atom. The smallest absolute Gasteiger partial charge is 0.272 e. The van der Waals surface area contributed by atoms with Gasteiger partial charge in [0.1, 0.15) is 49.4 Å². The van der Waals surface area contributed by atoms with Crippen molar-refractivity contribution in [1.82, 2.24) is 4.90 Å². The lowest BCUT2D eigenvalue weighted by Crippen LogP contribution is -2.76. The summed E-state index contributed by atoms with van der Waals surface area (Å²) in [6.07, 6.45) is -0.257. The molecule has 288 valence electrons. The van der Waals surface area contributed by atoms with Gasteiger partial charge in [-0.25, -0.2) is 16.8 Å². The number of aliphatic hydroxyl groups excluding tert-OH is 1. The van der Waals surface area contributed by atoms with Gasteiger partial charge in [0.15, 0.2) is 6.54 Å². The van der Waals surface area contributed by atoms with Crippen LogP contribution in [-0.2, 0) is 40.9 Å². The molecule has 3 aromatic rings. The molecule has 17 heteroatoms. The largest absolute Gasteiger partial charge is 0.744 e. The van der Waals surface area contributed by atoms with Gasteiger partial charge < -0.3 is 39.2 Å². The van der Waals surface area contributed by atoms with E-state index < -0.39 is 56.0 Å². The number of amides is 2. The Kier molecular flexibility index (Phi) is 9.42. The van der Waals surface area contributed by atoms with Gasteiger partial charge in [0.2, 0.25) is 5.91 Å². The predicted octanol–water partition coefficient (Wildman–Crippen LogP) is -0.511. The number of fused-ring (bicyclic) bond motifs is 4. The Morgan fingerprint density at radius 1 is 1.00 bits per heavy atom. The number of carboxylic acids is 1. The van der Waals surface area contributed by atoms with Crippen molar-refractivity contribution in [2.24, 2.45) is 17.6 Å². The molecule has 3 N–H and O–H groups in total. The van der Waals surface area contributed by atoms with E-state index in [9.17, 15) is 46.0 Å². The average molecular weight is 782 g/mol. The number of sulfonamides is 1. The molecule has 4 saturated heterocycles. The van der Waals surface area contributed by atoms with E-state index in [-0.39, 0.29) is 27.9 Å². The minimum atomic E-state index is -4.25. The second kappa shape index (κ2) is 13.4. The van der Waals surface area contributed by atoms with Gasteiger partial charge in [0.05, 0.1) is 58.3 Å². The van der Waals surface area contributed by atoms with Gasteiger partial charge in [-0.05, 0) is 47.7 Å². The average Bonchev–Trinajstić information content (AvgIpc) is 3.49. The third-order valence-corrected chi connectivity index (χ3v) is 14.8. The van der Waals surface area contributed by atoms with Crippen LogP contribution in [0.4, 0.5) is 5.69 Å². The summed E-state index contributed by atoms with van der Waals surface area (Å²) in [4.78, 5) is 37.9. The normalized spacial score (nSPS) is 28.4. The quantitative estimate of drug-likeness (QED) is 0.153. The number of nitrogens with two attached hydrogens (primary N) is 1. The van der Waals surface area contributed by atoms with Crippen LogP contribution in [-0.4, -0.2) is 129 Å². The zero-order valence-electron chi connectivity index (χ0n) is 30.0. The van der Waals surface area contributed by atoms with Crippen molar-refractivity contribution in [2.75, 3.05) is 63.2 Å². The Balaban J connectivity index is 0.000000392. The van der Waals surface area contributed by atoms with Gasteiger partial charge in [-0.15, -0.1) is 0 Å². The van der Waals surface area contributed by atoms with E-state index >= 15 is 0 Å². The van der Waals surface area contributed by atoms with Crippen LogP contribution in [0, 0.1) is 11.8 Å². The minimum absolute atomic E-state index is 0.185. The number of β-lactam (4-membered cyclic amide) rings is 1. The predicted molar refractivity (Wildman–Crippen MR) is 192 cm³/mol. The van der Waals surface area contributed by atoms with Gasteiger partial charge >= 0.3 is 0 Å². The lowest BCUT2D eigenvalue weighted by atomic mass is 9.78. The number of carboxylic acid groups (broad SMARTS) is 1. The second-order valence-electron chi connectivity index (χ2n) is 15.3. The molecule has 2 unspecified atom stereocenters. The van der Waals surface area contributed by atoms with Gasteiger partial charge in [-0.3, -0.25) is 13.9 Å². The fraction of sp³-hybridized carbons (Fsp3) is 0.432. The maximum Gasteiger partial charge on any atom is 0.272 e. The molecule has 6 heterocycles. The van der Waals surface area contributed by atoms with Gasteiger partial charge in [-0.2, -0.15) is 0 Å². The van der Waals surface area contributed by atoms with Crippen molar-refractivity contribution < 1.29 is 55.0 Å². The van der Waals surface area contributed by atoms with E-state index in [0.717, 1.165) is 70.6 Å². The van der Waals surface area contributed by atoms with E-state index in [1.54, 1.807) is 31.2 Å². The van der Waals surface area contributed by atoms with Crippen LogP contribution in [0.5, 0.6) is 0 Å². The number of carbonyl (C=O) groups excluding carboxylic acids is 3. The van der Waals surface area contributed by atoms with Gasteiger partial charge in [0, 0.05) is 17.7 Å². The van der Waals surface area contributed by atoms with Crippen LogP contribution in [0.25, 0.3) is 10.8 Å². The number of carbonyl (C=O) groups is 3. The zero-order chi connectivity index (χ0) is 39.0. The third-order valence-electron chi connectivity index (χ3n) is 12.2. The maximum absolute atomic E-state index is 14.1. The highest BCUT2D eigenvalue weighted by atomic mass is 32.2. The summed E-state index contributed by atoms with van der Waals surface area (Å²) < 4.78 is 62.1. The van der Waals surface area contributed by atoms with Crippen LogP contribution in [0.15, 0.2) is 81.7 Å². The Hall–Kier alpha value is -4.39. The standard InChI is InChI=1S/C31H37N5O7S.C6H6O3S/c1-18-22(29(31(40)41)34-28(18)26(19(2)37)30(34)39)16-33-23-5-3-4-21-14-20(15-24(27(21)23)44(33,42)43)6-7-35-8-11-36(12-9-35,13-10-35)17-25(32)38;7-10(8,9)6-4-2-1-3-5-6/h3-5,14-15,18-19,26,28,37H,6-13,16-17H2,1-2H3,(H-2,32,38,40,41);1-5H,(H,7,8,9)/t18-,19+,26?,28?,35?,36?;/m0./s1. The number of benzene rings is 3. The number of aliphatic hydroxyl groups is 1. The van der Waals surface area contributed by atoms with Crippen LogP contribution >= 0.6 is 0 Å². The van der Waals surface area contributed by atoms with Crippen LogP contribution in [0.1, 0.15) is 19.4 Å². The Morgan fingerprint density at radius 3 is 2.19 bits per heavy atom. The highest BCUT2D eigenvalue weighted by molar-refractivity contribution is 7.93. The summed E-state index contributed by atoms with van der Waals surface area (Å²) in [5, 5.41) is 23.9. The number of rotatable bonds is 10. The zero-order valence-corrected chi connectivity index (χ0v) is 31.6. The van der Waals surface area contributed by atoms with Crippen molar-refractivity contribution in [2.45, 2.75) is 42.2 Å². The first-order chi connectivity index (χ1) is 25.4. The number of hydrogen-bond acceptors (Lipinski definition) is 10. The van der Waals surface area contributed by atoms with E-state index in [4.69, 9.17) is 5.73 Å². The molecule has 2 amide bonds. The Labute approximate surface area is 313 Å². The number of nitrogens with zero attached hydrogens (tertiary/aromatic N) is 4. The fourth-order valence-corrected chi connectivity index (χ4v) is 11.4. The molecule has 0 aromatic heterocycles. The summed E-state index contributed by atoms with van der Waals surface area (Å²) in [5.41, 5.74) is 6.93. The molecule has 0 saturated carbocycles. The molecule has 3 aromatic carbocycles. The summed E-state index contributed by atoms with van der Waals surface area (Å²) in [7, 11) is -8.29. The summed E-state index contributed by atoms with van der Waals surface area (Å²) in [6.45, 7) is 9.96. The molecular weight excluding hydrogens is 739 g/mol. The van der Waals surface area contributed by atoms with Gasteiger partial charge in [0.25, 0.3) is 15.9 Å². The highest BCUT2D eigenvalue weighted by Gasteiger charge is 2.59. The molecule has 4 fully saturated rings. The molecule has 0 radical (unpaired) electrons. The molecule has 4 atom stereocenters. The Bertz CT molecular complexity index is 2290. The molecule has 0 spiro atoms. The molecule has 2 bridgehead atoms. The first kappa shape index (κ1) is 37.9. The second-order valence-corrected chi connectivity index (χ2v) is 18.5. The number of piperazine rings is 3. The number of aliphatic carboxylic acids is 1. The van der Waals surface area contributed by atoms with Crippen LogP contribution in [0.2, 0.25) is 0 Å². The monoisotopic (exact) mass is 781 g/mol. The van der Waals surface area contributed by atoms with Crippen LogP contribution < -0.4 is 15.1 Å². The maximum atomic E-state index is 14.1. The number of anilines is 1. The summed E-state index contributed by atoms with van der Waals surface area (Å²) >= 11 is 0. The van der Waals surface area contributed by atoms with Gasteiger partial charge in [-0.1, -0.05) is 43.3 Å². The van der Waals surface area contributed by atoms with Crippen molar-refractivity contribution in [3.8, 4) is 0 Å². The topological polar surface area (TPSA) is 218 Å². The number of quaternary nitrogens is 2. The number of hydrogen-bond donors (Lipinski definition) is 2. The van der Waals surface area contributed by atoms with Crippen molar-refractivity contribution in [1.29, 1.82) is 0 Å². The summed E-state index contributed by atoms with van der Waals surface area (Å²) in [5.74, 6) is -3.50. The highest BCUT2D eigenvalue weighted by Crippen LogP contribution is 2.49. The molecule has 54 heavy (non-hydrogen) atoms. The first-order valence-corrected chi connectivity index (χ1v) is 20.8. The minimum Gasteiger partial charge on any atom is -0.744 e. The molecule has 6 aliphatic heterocycles. The fourth-order valence-electron chi connectivity index (χ4n) is 9.20. The lowest BCUT2D eigenvalue weighted by molar-refractivity contribution is -1.08. The molecule has 6 aliphatic rings. The van der Waals surface area contributed by atoms with E-state index in [2.05, 4.69) is 0 Å². The lowest BCUT2D eigenvalue weighted by Gasteiger charge is -2.55. The summed E-state index contributed by atoms with van der Waals surface area (Å²) in [6, 6.07) is 15.9. The third kappa shape index (κ3) is 6.35. The van der Waals surface area contributed by atoms with E-state index in [0.29, 0.717) is 29.6 Å².